The first kappa shape index (κ1) is 17.4. The first-order valence-corrected chi connectivity index (χ1v) is 8.48. The monoisotopic (exact) mass is 316 g/mol. The largest absolute Gasteiger partial charge is 0.396 e. The normalized spacial score (nSPS) is 12.9. The fourth-order valence-electron chi connectivity index (χ4n) is 1.81. The molecule has 0 amide bonds. The molecule has 2 N–H and O–H groups in total. The maximum Gasteiger partial charge on any atom is 0.293 e. The zero-order chi connectivity index (χ0) is 16.0. The van der Waals surface area contributed by atoms with Gasteiger partial charge in [0.15, 0.2) is 9.84 Å². The molecule has 0 fully saturated rings. The van der Waals surface area contributed by atoms with Crippen molar-refractivity contribution in [3.63, 3.8) is 0 Å². The molecule has 7 nitrogen and oxygen atoms in total. The molecule has 21 heavy (non-hydrogen) atoms. The van der Waals surface area contributed by atoms with Gasteiger partial charge in [-0.25, -0.2) is 8.42 Å². The van der Waals surface area contributed by atoms with Crippen molar-refractivity contribution in [1.82, 2.24) is 0 Å². The number of nitrogens with one attached hydrogen (secondary N) is 1. The van der Waals surface area contributed by atoms with Crippen LogP contribution in [0, 0.1) is 16.0 Å². The first-order valence-electron chi connectivity index (χ1n) is 6.59. The molecule has 8 heteroatoms. The van der Waals surface area contributed by atoms with Gasteiger partial charge in [0.1, 0.15) is 5.69 Å². The van der Waals surface area contributed by atoms with E-state index in [1.165, 1.54) is 12.1 Å². The van der Waals surface area contributed by atoms with Crippen molar-refractivity contribution in [3.05, 3.63) is 28.3 Å². The summed E-state index contributed by atoms with van der Waals surface area (Å²) in [7, 11) is -3.48. The van der Waals surface area contributed by atoms with Crippen molar-refractivity contribution in [1.29, 1.82) is 0 Å². The lowest BCUT2D eigenvalue weighted by Crippen LogP contribution is -2.08. The zero-order valence-electron chi connectivity index (χ0n) is 12.1. The Morgan fingerprint density at radius 3 is 2.62 bits per heavy atom. The molecule has 0 aliphatic rings. The molecule has 1 aromatic carbocycles. The Kier molecular flexibility index (Phi) is 6.10. The Bertz CT molecular complexity index is 601. The summed E-state index contributed by atoms with van der Waals surface area (Å²) in [4.78, 5) is 10.3. The van der Waals surface area contributed by atoms with Crippen LogP contribution in [0.25, 0.3) is 0 Å². The number of nitro benzene ring substituents is 1. The number of benzene rings is 1. The predicted molar refractivity (Wildman–Crippen MR) is 80.2 cm³/mol. The Morgan fingerprint density at radius 1 is 1.43 bits per heavy atom. The molecular weight excluding hydrogens is 296 g/mol. The summed E-state index contributed by atoms with van der Waals surface area (Å²) in [5, 5.41) is 22.9. The molecule has 1 rings (SSSR count). The van der Waals surface area contributed by atoms with Crippen molar-refractivity contribution >= 4 is 21.2 Å². The van der Waals surface area contributed by atoms with E-state index in [0.29, 0.717) is 12.2 Å². The quantitative estimate of drug-likeness (QED) is 0.430. The van der Waals surface area contributed by atoms with Gasteiger partial charge in [-0.15, -0.1) is 0 Å². The van der Waals surface area contributed by atoms with Gasteiger partial charge in [0.25, 0.3) is 5.69 Å². The molecule has 0 aliphatic carbocycles. The van der Waals surface area contributed by atoms with E-state index in [9.17, 15) is 18.5 Å². The Hall–Kier alpha value is -1.67. The molecule has 0 spiro atoms. The second kappa shape index (κ2) is 7.37. The van der Waals surface area contributed by atoms with Gasteiger partial charge in [-0.3, -0.25) is 10.1 Å². The smallest absolute Gasteiger partial charge is 0.293 e. The zero-order valence-corrected chi connectivity index (χ0v) is 12.9. The van der Waals surface area contributed by atoms with Crippen molar-refractivity contribution in [2.75, 3.05) is 24.7 Å². The Balaban J connectivity index is 2.81. The van der Waals surface area contributed by atoms with Gasteiger partial charge in [0.05, 0.1) is 9.82 Å². The summed E-state index contributed by atoms with van der Waals surface area (Å²) in [6, 6.07) is 3.82. The number of rotatable bonds is 8. The lowest BCUT2D eigenvalue weighted by molar-refractivity contribution is -0.384. The van der Waals surface area contributed by atoms with E-state index in [4.69, 9.17) is 5.11 Å². The van der Waals surface area contributed by atoms with Gasteiger partial charge in [-0.05, 0) is 30.9 Å². The number of nitro groups is 1. The second-order valence-electron chi connectivity index (χ2n) is 5.06. The van der Waals surface area contributed by atoms with Crippen LogP contribution in [0.15, 0.2) is 23.1 Å². The van der Waals surface area contributed by atoms with Gasteiger partial charge in [-0.1, -0.05) is 6.92 Å². The third-order valence-corrected chi connectivity index (χ3v) is 4.21. The first-order chi connectivity index (χ1) is 9.75. The van der Waals surface area contributed by atoms with E-state index in [0.717, 1.165) is 25.2 Å². The molecule has 0 saturated heterocycles. The Labute approximate surface area is 124 Å². The van der Waals surface area contributed by atoms with Crippen LogP contribution in [-0.4, -0.2) is 37.9 Å². The van der Waals surface area contributed by atoms with Gasteiger partial charge < -0.3 is 10.4 Å². The highest BCUT2D eigenvalue weighted by Crippen LogP contribution is 2.27. The minimum absolute atomic E-state index is 0.0753. The van der Waals surface area contributed by atoms with E-state index in [-0.39, 0.29) is 23.1 Å². The lowest BCUT2D eigenvalue weighted by atomic mass is 10.1. The lowest BCUT2D eigenvalue weighted by Gasteiger charge is -2.10. The summed E-state index contributed by atoms with van der Waals surface area (Å²) in [6.45, 7) is 2.55. The van der Waals surface area contributed by atoms with E-state index < -0.39 is 14.8 Å². The summed E-state index contributed by atoms with van der Waals surface area (Å²) in [6.07, 6.45) is 2.57. The second-order valence-corrected chi connectivity index (χ2v) is 7.08. The topological polar surface area (TPSA) is 110 Å². The number of hydrogen-bond acceptors (Lipinski definition) is 6. The number of aliphatic hydroxyl groups is 1. The SMILES string of the molecule is CC(CO)CCCNc1ccc(S(C)(=O)=O)cc1[N+](=O)[O-]. The van der Waals surface area contributed by atoms with Crippen LogP contribution in [0.2, 0.25) is 0 Å². The van der Waals surface area contributed by atoms with E-state index in [2.05, 4.69) is 5.32 Å². The minimum atomic E-state index is -3.48. The van der Waals surface area contributed by atoms with Crippen LogP contribution >= 0.6 is 0 Å². The van der Waals surface area contributed by atoms with Crippen molar-refractivity contribution in [3.8, 4) is 0 Å². The van der Waals surface area contributed by atoms with Gasteiger partial charge in [0.2, 0.25) is 0 Å². The standard InChI is InChI=1S/C13H20N2O5S/c1-10(9-16)4-3-7-14-12-6-5-11(21(2,19)20)8-13(12)15(17)18/h5-6,8,10,14,16H,3-4,7,9H2,1-2H3. The number of nitrogens with zero attached hydrogens (tertiary/aromatic N) is 1. The average Bonchev–Trinajstić information content (AvgIpc) is 2.41. The Morgan fingerprint density at radius 2 is 2.10 bits per heavy atom. The number of aliphatic hydroxyl groups excluding tert-OH is 1. The van der Waals surface area contributed by atoms with Gasteiger partial charge in [0, 0.05) is 25.5 Å². The predicted octanol–water partition coefficient (Wildman–Crippen LogP) is 1.82. The van der Waals surface area contributed by atoms with Gasteiger partial charge in [-0.2, -0.15) is 0 Å². The molecule has 0 aromatic heterocycles. The summed E-state index contributed by atoms with van der Waals surface area (Å²) in [5.41, 5.74) is 0.0391. The highest BCUT2D eigenvalue weighted by Gasteiger charge is 2.18. The van der Waals surface area contributed by atoms with E-state index in [1.54, 1.807) is 0 Å². The van der Waals surface area contributed by atoms with Crippen molar-refractivity contribution < 1.29 is 18.4 Å². The van der Waals surface area contributed by atoms with Crippen LogP contribution < -0.4 is 5.32 Å². The summed E-state index contributed by atoms with van der Waals surface area (Å²) in [5.74, 6) is 0.189. The third kappa shape index (κ3) is 5.31. The number of anilines is 1. The van der Waals surface area contributed by atoms with Crippen LogP contribution in [0.4, 0.5) is 11.4 Å². The maximum atomic E-state index is 11.4. The number of hydrogen-bond donors (Lipinski definition) is 2. The molecule has 1 unspecified atom stereocenters. The van der Waals surface area contributed by atoms with Gasteiger partial charge >= 0.3 is 0 Å². The molecule has 0 aliphatic heterocycles. The highest BCUT2D eigenvalue weighted by atomic mass is 32.2. The van der Waals surface area contributed by atoms with Crippen molar-refractivity contribution in [2.24, 2.45) is 5.92 Å². The molecule has 0 bridgehead atoms. The fraction of sp³-hybridized carbons (Fsp3) is 0.538. The number of sulfone groups is 1. The third-order valence-electron chi connectivity index (χ3n) is 3.09. The molecule has 1 atom stereocenters. The van der Waals surface area contributed by atoms with Crippen LogP contribution in [0.3, 0.4) is 0 Å². The minimum Gasteiger partial charge on any atom is -0.396 e. The molecule has 118 valence electrons. The molecule has 0 saturated carbocycles. The molecule has 0 heterocycles. The van der Waals surface area contributed by atoms with Crippen LogP contribution in [0.1, 0.15) is 19.8 Å². The molecule has 0 radical (unpaired) electrons. The summed E-state index contributed by atoms with van der Waals surface area (Å²) < 4.78 is 22.8. The van der Waals surface area contributed by atoms with Crippen LogP contribution in [0.5, 0.6) is 0 Å². The molecule has 1 aromatic rings. The van der Waals surface area contributed by atoms with Crippen molar-refractivity contribution in [2.45, 2.75) is 24.7 Å². The average molecular weight is 316 g/mol. The summed E-state index contributed by atoms with van der Waals surface area (Å²) >= 11 is 0. The van der Waals surface area contributed by atoms with Crippen LogP contribution in [-0.2, 0) is 9.84 Å². The maximum absolute atomic E-state index is 11.4. The van der Waals surface area contributed by atoms with E-state index >= 15 is 0 Å². The molecular formula is C13H20N2O5S. The van der Waals surface area contributed by atoms with E-state index in [1.807, 2.05) is 6.92 Å². The fourth-order valence-corrected chi connectivity index (χ4v) is 2.45. The highest BCUT2D eigenvalue weighted by molar-refractivity contribution is 7.90.